The summed E-state index contributed by atoms with van der Waals surface area (Å²) in [7, 11) is 0. The molecule has 1 saturated heterocycles. The van der Waals surface area contributed by atoms with Gasteiger partial charge < -0.3 is 4.90 Å². The van der Waals surface area contributed by atoms with Crippen molar-refractivity contribution in [2.75, 3.05) is 4.90 Å². The van der Waals surface area contributed by atoms with Gasteiger partial charge in [-0.1, -0.05) is 43.5 Å². The minimum atomic E-state index is -0.202. The average molecular weight is 367 g/mol. The molecule has 1 aromatic rings. The fourth-order valence-corrected chi connectivity index (χ4v) is 5.33. The zero-order chi connectivity index (χ0) is 19.0. The molecule has 4 heteroatoms. The van der Waals surface area contributed by atoms with E-state index in [0.717, 1.165) is 5.57 Å². The average Bonchev–Trinajstić information content (AvgIpc) is 2.68. The van der Waals surface area contributed by atoms with E-state index in [9.17, 15) is 9.59 Å². The zero-order valence-electron chi connectivity index (χ0n) is 16.4. The van der Waals surface area contributed by atoms with Gasteiger partial charge in [0.15, 0.2) is 0 Å². The maximum atomic E-state index is 12.5. The molecule has 1 aliphatic carbocycles. The Kier molecular flexibility index (Phi) is 5.07. The highest BCUT2D eigenvalue weighted by molar-refractivity contribution is 6.00. The number of imide groups is 1. The molecule has 1 N–H and O–H groups in total. The van der Waals surface area contributed by atoms with Crippen LogP contribution in [-0.4, -0.2) is 23.9 Å². The van der Waals surface area contributed by atoms with Crippen molar-refractivity contribution < 1.29 is 9.59 Å². The molecule has 144 valence electrons. The molecule has 0 aromatic heterocycles. The van der Waals surface area contributed by atoms with Gasteiger partial charge in [0.25, 0.3) is 0 Å². The normalized spacial score (nSPS) is 27.6. The Morgan fingerprint density at radius 1 is 1.07 bits per heavy atom. The summed E-state index contributed by atoms with van der Waals surface area (Å²) < 4.78 is 0. The zero-order valence-corrected chi connectivity index (χ0v) is 16.4. The van der Waals surface area contributed by atoms with Gasteiger partial charge in [0.1, 0.15) is 0 Å². The fourth-order valence-electron chi connectivity index (χ4n) is 5.33. The number of nitrogens with zero attached hydrogens (tertiary/aromatic N) is 1. The molecule has 27 heavy (non-hydrogen) atoms. The predicted molar refractivity (Wildman–Crippen MR) is 108 cm³/mol. The highest BCUT2D eigenvalue weighted by atomic mass is 16.2. The van der Waals surface area contributed by atoms with Crippen molar-refractivity contribution in [3.05, 3.63) is 35.4 Å². The summed E-state index contributed by atoms with van der Waals surface area (Å²) >= 11 is 0. The minimum Gasteiger partial charge on any atom is -0.362 e. The van der Waals surface area contributed by atoms with E-state index < -0.39 is 0 Å². The summed E-state index contributed by atoms with van der Waals surface area (Å²) in [6.45, 7) is 4.58. The standard InChI is InChI=1S/C23H30N2O2/c1-15(17-8-4-3-5-9-17)25-16(2)20(14-18-10-6-7-11-21(18)25)19-12-13-22(26)24-23(19)27/h6-7,10-11,14-17,19H,3-5,8-9,12-13H2,1-2H3,(H,24,26,27)/t15-,16?,19?/m0/s1. The molecule has 0 radical (unpaired) electrons. The van der Waals surface area contributed by atoms with Crippen molar-refractivity contribution in [3.8, 4) is 0 Å². The topological polar surface area (TPSA) is 49.4 Å². The fraction of sp³-hybridized carbons (Fsp3) is 0.565. The highest BCUT2D eigenvalue weighted by Crippen LogP contribution is 2.41. The molecule has 0 spiro atoms. The van der Waals surface area contributed by atoms with E-state index >= 15 is 0 Å². The number of nitrogens with one attached hydrogen (secondary N) is 1. The van der Waals surface area contributed by atoms with Crippen molar-refractivity contribution in [1.29, 1.82) is 0 Å². The lowest BCUT2D eigenvalue weighted by Gasteiger charge is -2.46. The number of benzene rings is 1. The number of carbonyl (C=O) groups is 2. The van der Waals surface area contributed by atoms with Crippen LogP contribution in [0.5, 0.6) is 0 Å². The van der Waals surface area contributed by atoms with E-state index in [4.69, 9.17) is 0 Å². The van der Waals surface area contributed by atoms with Gasteiger partial charge in [-0.25, -0.2) is 0 Å². The number of hydrogen-bond acceptors (Lipinski definition) is 3. The molecule has 2 heterocycles. The first-order valence-electron chi connectivity index (χ1n) is 10.5. The molecular formula is C23H30N2O2. The number of para-hydroxylation sites is 1. The van der Waals surface area contributed by atoms with Crippen LogP contribution in [0.3, 0.4) is 0 Å². The highest BCUT2D eigenvalue weighted by Gasteiger charge is 2.39. The van der Waals surface area contributed by atoms with Gasteiger partial charge in [0.05, 0.1) is 5.92 Å². The third-order valence-corrected chi connectivity index (χ3v) is 6.85. The van der Waals surface area contributed by atoms with E-state index in [1.807, 2.05) is 0 Å². The molecule has 2 unspecified atom stereocenters. The van der Waals surface area contributed by atoms with Gasteiger partial charge in [-0.15, -0.1) is 0 Å². The van der Waals surface area contributed by atoms with E-state index in [2.05, 4.69) is 54.4 Å². The Balaban J connectivity index is 1.69. The van der Waals surface area contributed by atoms with Gasteiger partial charge in [-0.2, -0.15) is 0 Å². The van der Waals surface area contributed by atoms with Crippen LogP contribution in [-0.2, 0) is 9.59 Å². The molecule has 2 amide bonds. The quantitative estimate of drug-likeness (QED) is 0.812. The van der Waals surface area contributed by atoms with Gasteiger partial charge in [0.2, 0.25) is 11.8 Å². The van der Waals surface area contributed by atoms with Crippen molar-refractivity contribution in [2.45, 2.75) is 70.9 Å². The van der Waals surface area contributed by atoms with E-state index in [1.165, 1.54) is 43.4 Å². The minimum absolute atomic E-state index is 0.131. The maximum Gasteiger partial charge on any atom is 0.233 e. The second-order valence-corrected chi connectivity index (χ2v) is 8.43. The molecule has 3 aliphatic rings. The summed E-state index contributed by atoms with van der Waals surface area (Å²) in [4.78, 5) is 26.7. The van der Waals surface area contributed by atoms with Crippen LogP contribution < -0.4 is 10.2 Å². The lowest BCUT2D eigenvalue weighted by atomic mass is 9.79. The number of hydrogen-bond donors (Lipinski definition) is 1. The Hall–Kier alpha value is -2.10. The molecule has 4 rings (SSSR count). The molecule has 4 nitrogen and oxygen atoms in total. The number of fused-ring (bicyclic) bond motifs is 1. The van der Waals surface area contributed by atoms with Gasteiger partial charge >= 0.3 is 0 Å². The number of piperidine rings is 1. The number of carbonyl (C=O) groups excluding carboxylic acids is 2. The molecule has 3 atom stereocenters. The Morgan fingerprint density at radius 3 is 2.56 bits per heavy atom. The van der Waals surface area contributed by atoms with Gasteiger partial charge in [0, 0.05) is 24.2 Å². The lowest BCUT2D eigenvalue weighted by Crippen LogP contribution is -2.51. The Labute approximate surface area is 162 Å². The van der Waals surface area contributed by atoms with Crippen LogP contribution >= 0.6 is 0 Å². The first-order chi connectivity index (χ1) is 13.1. The monoisotopic (exact) mass is 366 g/mol. The third-order valence-electron chi connectivity index (χ3n) is 6.85. The number of rotatable bonds is 3. The van der Waals surface area contributed by atoms with Gasteiger partial charge in [-0.05, 0) is 56.2 Å². The summed E-state index contributed by atoms with van der Waals surface area (Å²) in [5.74, 6) is 0.227. The van der Waals surface area contributed by atoms with Crippen LogP contribution in [0.1, 0.15) is 64.4 Å². The second-order valence-electron chi connectivity index (χ2n) is 8.43. The molecule has 1 saturated carbocycles. The molecule has 1 aromatic carbocycles. The molecule has 2 fully saturated rings. The number of amides is 2. The number of anilines is 1. The SMILES string of the molecule is CC1C(C2CCC(=O)NC2=O)=Cc2ccccc2N1[C@@H](C)C1CCCCC1. The summed E-state index contributed by atoms with van der Waals surface area (Å²) in [5.41, 5.74) is 3.62. The van der Waals surface area contributed by atoms with Crippen LogP contribution in [0.4, 0.5) is 5.69 Å². The largest absolute Gasteiger partial charge is 0.362 e. The smallest absolute Gasteiger partial charge is 0.233 e. The van der Waals surface area contributed by atoms with Crippen LogP contribution in [0.25, 0.3) is 6.08 Å². The van der Waals surface area contributed by atoms with Gasteiger partial charge in [-0.3, -0.25) is 14.9 Å². The van der Waals surface area contributed by atoms with Crippen molar-refractivity contribution in [3.63, 3.8) is 0 Å². The molecule has 0 bridgehead atoms. The second kappa shape index (κ2) is 7.49. The first-order valence-corrected chi connectivity index (χ1v) is 10.5. The van der Waals surface area contributed by atoms with Crippen LogP contribution in [0.2, 0.25) is 0 Å². The first kappa shape index (κ1) is 18.3. The van der Waals surface area contributed by atoms with E-state index in [0.29, 0.717) is 24.8 Å². The lowest BCUT2D eigenvalue weighted by molar-refractivity contribution is -0.135. The van der Waals surface area contributed by atoms with Crippen LogP contribution in [0, 0.1) is 11.8 Å². The van der Waals surface area contributed by atoms with E-state index in [1.54, 1.807) is 0 Å². The molecule has 2 aliphatic heterocycles. The summed E-state index contributed by atoms with van der Waals surface area (Å²) in [6.07, 6.45) is 9.85. The predicted octanol–water partition coefficient (Wildman–Crippen LogP) is 4.30. The Morgan fingerprint density at radius 2 is 1.81 bits per heavy atom. The molecular weight excluding hydrogens is 336 g/mol. The van der Waals surface area contributed by atoms with Crippen LogP contribution in [0.15, 0.2) is 29.8 Å². The van der Waals surface area contributed by atoms with Crippen molar-refractivity contribution >= 4 is 23.6 Å². The van der Waals surface area contributed by atoms with Crippen molar-refractivity contribution in [1.82, 2.24) is 5.32 Å². The maximum absolute atomic E-state index is 12.5. The summed E-state index contributed by atoms with van der Waals surface area (Å²) in [5, 5.41) is 2.54. The Bertz CT molecular complexity index is 763. The third kappa shape index (κ3) is 3.42. The van der Waals surface area contributed by atoms with E-state index in [-0.39, 0.29) is 23.8 Å². The van der Waals surface area contributed by atoms with Crippen molar-refractivity contribution in [2.24, 2.45) is 11.8 Å². The summed E-state index contributed by atoms with van der Waals surface area (Å²) in [6, 6.07) is 9.14.